The first-order valence-electron chi connectivity index (χ1n) is 5.85. The quantitative estimate of drug-likeness (QED) is 0.633. The van der Waals surface area contributed by atoms with Gasteiger partial charge in [-0.2, -0.15) is 0 Å². The number of nitrogens with two attached hydrogens (primary N) is 1. The van der Waals surface area contributed by atoms with Crippen LogP contribution < -0.4 is 10.6 Å². The number of nitrogens with zero attached hydrogens (tertiary/aromatic N) is 1. The van der Waals surface area contributed by atoms with Gasteiger partial charge in [0.25, 0.3) is 0 Å². The lowest BCUT2D eigenvalue weighted by molar-refractivity contribution is -0.146. The summed E-state index contributed by atoms with van der Waals surface area (Å²) in [5.74, 6) is -1.18. The van der Waals surface area contributed by atoms with Crippen molar-refractivity contribution in [3.8, 4) is 0 Å². The molecule has 0 aliphatic heterocycles. The summed E-state index contributed by atoms with van der Waals surface area (Å²) in [7, 11) is 3.70. The first-order valence-corrected chi connectivity index (χ1v) is 5.85. The Balaban J connectivity index is 2.68. The van der Waals surface area contributed by atoms with Gasteiger partial charge >= 0.3 is 11.9 Å². The molecular weight excluding hydrogens is 248 g/mol. The first kappa shape index (κ1) is 14.8. The molecule has 104 valence electrons. The van der Waals surface area contributed by atoms with Crippen LogP contribution in [0.4, 0.5) is 11.4 Å². The van der Waals surface area contributed by atoms with Crippen molar-refractivity contribution in [1.82, 2.24) is 0 Å². The third-order valence-electron chi connectivity index (χ3n) is 2.37. The van der Waals surface area contributed by atoms with E-state index in [0.717, 1.165) is 5.69 Å². The van der Waals surface area contributed by atoms with E-state index in [-0.39, 0.29) is 6.61 Å². The molecular formula is C13H18N2O4. The molecule has 0 heterocycles. The van der Waals surface area contributed by atoms with Gasteiger partial charge in [-0.05, 0) is 25.1 Å². The third-order valence-corrected chi connectivity index (χ3v) is 2.37. The van der Waals surface area contributed by atoms with E-state index in [4.69, 9.17) is 10.5 Å². The minimum atomic E-state index is -0.606. The largest absolute Gasteiger partial charge is 0.463 e. The molecule has 0 saturated carbocycles. The maximum Gasteiger partial charge on any atom is 0.344 e. The monoisotopic (exact) mass is 266 g/mol. The Bertz CT molecular complexity index is 472. The van der Waals surface area contributed by atoms with Crippen LogP contribution in [-0.2, 0) is 14.3 Å². The van der Waals surface area contributed by atoms with Crippen molar-refractivity contribution in [3.05, 3.63) is 23.8 Å². The minimum absolute atomic E-state index is 0.251. The van der Waals surface area contributed by atoms with Crippen molar-refractivity contribution in [1.29, 1.82) is 0 Å². The van der Waals surface area contributed by atoms with E-state index in [1.807, 2.05) is 19.0 Å². The summed E-state index contributed by atoms with van der Waals surface area (Å²) in [6, 6.07) is 4.83. The van der Waals surface area contributed by atoms with Crippen LogP contribution in [0, 0.1) is 0 Å². The van der Waals surface area contributed by atoms with Gasteiger partial charge in [0.1, 0.15) is 0 Å². The fourth-order valence-electron chi connectivity index (χ4n) is 1.50. The van der Waals surface area contributed by atoms with Gasteiger partial charge in [0.2, 0.25) is 0 Å². The van der Waals surface area contributed by atoms with E-state index in [0.29, 0.717) is 11.3 Å². The normalized spacial score (nSPS) is 9.84. The molecule has 0 spiro atoms. The molecule has 1 aromatic rings. The lowest BCUT2D eigenvalue weighted by Gasteiger charge is -2.15. The number of carbonyl (C=O) groups is 2. The van der Waals surface area contributed by atoms with Crippen LogP contribution in [0.2, 0.25) is 0 Å². The SMILES string of the molecule is CCOC(=O)COC(=O)c1ccc(N(C)C)c(N)c1. The van der Waals surface area contributed by atoms with E-state index in [1.54, 1.807) is 19.1 Å². The van der Waals surface area contributed by atoms with Crippen LogP contribution >= 0.6 is 0 Å². The standard InChI is InChI=1S/C13H18N2O4/c1-4-18-12(16)8-19-13(17)9-5-6-11(15(2)3)10(14)7-9/h5-7H,4,8,14H2,1-3H3. The van der Waals surface area contributed by atoms with Crippen molar-refractivity contribution in [2.75, 3.05) is 37.9 Å². The highest BCUT2D eigenvalue weighted by molar-refractivity contribution is 5.93. The zero-order valence-electron chi connectivity index (χ0n) is 11.3. The van der Waals surface area contributed by atoms with E-state index in [9.17, 15) is 9.59 Å². The Kier molecular flexibility index (Phi) is 5.17. The van der Waals surface area contributed by atoms with Gasteiger partial charge in [0, 0.05) is 14.1 Å². The zero-order valence-corrected chi connectivity index (χ0v) is 11.3. The van der Waals surface area contributed by atoms with Gasteiger partial charge in [-0.3, -0.25) is 0 Å². The Morgan fingerprint density at radius 1 is 1.26 bits per heavy atom. The predicted octanol–water partition coefficient (Wildman–Crippen LogP) is 1.05. The van der Waals surface area contributed by atoms with Crippen molar-refractivity contribution in [2.45, 2.75) is 6.92 Å². The lowest BCUT2D eigenvalue weighted by Crippen LogP contribution is -2.17. The Morgan fingerprint density at radius 2 is 1.95 bits per heavy atom. The highest BCUT2D eigenvalue weighted by Crippen LogP contribution is 2.22. The molecule has 0 atom stereocenters. The van der Waals surface area contributed by atoms with Crippen molar-refractivity contribution in [3.63, 3.8) is 0 Å². The maximum absolute atomic E-state index is 11.7. The molecule has 0 aliphatic rings. The molecule has 0 amide bonds. The van der Waals surface area contributed by atoms with Crippen LogP contribution in [0.25, 0.3) is 0 Å². The Hall–Kier alpha value is -2.24. The average molecular weight is 266 g/mol. The van der Waals surface area contributed by atoms with Crippen LogP contribution in [-0.4, -0.2) is 39.2 Å². The number of ether oxygens (including phenoxy) is 2. The molecule has 1 rings (SSSR count). The maximum atomic E-state index is 11.7. The number of anilines is 2. The van der Waals surface area contributed by atoms with E-state index in [1.165, 1.54) is 6.07 Å². The van der Waals surface area contributed by atoms with E-state index >= 15 is 0 Å². The molecule has 0 aliphatic carbocycles. The number of esters is 2. The number of nitrogen functional groups attached to an aromatic ring is 1. The summed E-state index contributed by atoms with van der Waals surface area (Å²) in [4.78, 5) is 24.6. The van der Waals surface area contributed by atoms with Crippen LogP contribution in [0.3, 0.4) is 0 Å². The highest BCUT2D eigenvalue weighted by Gasteiger charge is 2.12. The van der Waals surface area contributed by atoms with Crippen LogP contribution in [0.15, 0.2) is 18.2 Å². The second-order valence-electron chi connectivity index (χ2n) is 4.05. The Labute approximate surface area is 112 Å². The fourth-order valence-corrected chi connectivity index (χ4v) is 1.50. The molecule has 2 N–H and O–H groups in total. The van der Waals surface area contributed by atoms with Gasteiger partial charge in [-0.1, -0.05) is 0 Å². The summed E-state index contributed by atoms with van der Waals surface area (Å²) in [5.41, 5.74) is 7.40. The number of rotatable bonds is 5. The molecule has 0 radical (unpaired) electrons. The number of hydrogen-bond donors (Lipinski definition) is 1. The number of benzene rings is 1. The summed E-state index contributed by atoms with van der Waals surface area (Å²) in [5, 5.41) is 0. The smallest absolute Gasteiger partial charge is 0.344 e. The minimum Gasteiger partial charge on any atom is -0.463 e. The second-order valence-corrected chi connectivity index (χ2v) is 4.05. The second kappa shape index (κ2) is 6.63. The molecule has 0 fully saturated rings. The molecule has 1 aromatic carbocycles. The summed E-state index contributed by atoms with van der Waals surface area (Å²) >= 11 is 0. The predicted molar refractivity (Wildman–Crippen MR) is 72.1 cm³/mol. The highest BCUT2D eigenvalue weighted by atomic mass is 16.6. The van der Waals surface area contributed by atoms with Gasteiger partial charge in [0.05, 0.1) is 23.5 Å². The zero-order chi connectivity index (χ0) is 14.4. The fraction of sp³-hybridized carbons (Fsp3) is 0.385. The van der Waals surface area contributed by atoms with E-state index in [2.05, 4.69) is 4.74 Å². The van der Waals surface area contributed by atoms with Gasteiger partial charge in [-0.25, -0.2) is 9.59 Å². The van der Waals surface area contributed by atoms with Crippen LogP contribution in [0.1, 0.15) is 17.3 Å². The molecule has 0 bridgehead atoms. The number of hydrogen-bond acceptors (Lipinski definition) is 6. The molecule has 19 heavy (non-hydrogen) atoms. The van der Waals surface area contributed by atoms with Crippen molar-refractivity contribution < 1.29 is 19.1 Å². The van der Waals surface area contributed by atoms with Crippen molar-refractivity contribution >= 4 is 23.3 Å². The van der Waals surface area contributed by atoms with Gasteiger partial charge < -0.3 is 20.1 Å². The molecule has 6 nitrogen and oxygen atoms in total. The molecule has 6 heteroatoms. The third kappa shape index (κ3) is 4.17. The summed E-state index contributed by atoms with van der Waals surface area (Å²) in [6.07, 6.45) is 0. The van der Waals surface area contributed by atoms with E-state index < -0.39 is 18.5 Å². The van der Waals surface area contributed by atoms with Gasteiger partial charge in [0.15, 0.2) is 6.61 Å². The summed E-state index contributed by atoms with van der Waals surface area (Å²) in [6.45, 7) is 1.53. The lowest BCUT2D eigenvalue weighted by atomic mass is 10.1. The molecule has 0 saturated heterocycles. The van der Waals surface area contributed by atoms with Gasteiger partial charge in [-0.15, -0.1) is 0 Å². The summed E-state index contributed by atoms with van der Waals surface area (Å²) < 4.78 is 9.47. The average Bonchev–Trinajstić information content (AvgIpc) is 2.35. The topological polar surface area (TPSA) is 81.9 Å². The van der Waals surface area contributed by atoms with Crippen molar-refractivity contribution in [2.24, 2.45) is 0 Å². The molecule has 0 unspecified atom stereocenters. The number of carbonyl (C=O) groups excluding carboxylic acids is 2. The first-order chi connectivity index (χ1) is 8.95. The Morgan fingerprint density at radius 3 is 2.47 bits per heavy atom. The molecule has 0 aromatic heterocycles. The van der Waals surface area contributed by atoms with Crippen LogP contribution in [0.5, 0.6) is 0 Å².